The zero-order valence-electron chi connectivity index (χ0n) is 18.8. The summed E-state index contributed by atoms with van der Waals surface area (Å²) < 4.78 is 23.3. The highest BCUT2D eigenvalue weighted by atomic mass is 16.5. The first kappa shape index (κ1) is 21.3. The van der Waals surface area contributed by atoms with Gasteiger partial charge in [-0.2, -0.15) is 0 Å². The van der Waals surface area contributed by atoms with Crippen molar-refractivity contribution in [2.45, 2.75) is 13.8 Å². The number of aromatic amines is 2. The number of carbonyl (C=O) groups is 2. The number of benzene rings is 3. The Kier molecular flexibility index (Phi) is 5.05. The highest BCUT2D eigenvalue weighted by Gasteiger charge is 2.16. The molecule has 2 N–H and O–H groups in total. The van der Waals surface area contributed by atoms with Crippen LogP contribution in [-0.4, -0.2) is 36.0 Å². The summed E-state index contributed by atoms with van der Waals surface area (Å²) in [5.74, 6) is 0.270. The van der Waals surface area contributed by atoms with Crippen molar-refractivity contribution >= 4 is 56.2 Å². The van der Waals surface area contributed by atoms with Crippen LogP contribution in [0.3, 0.4) is 0 Å². The summed E-state index contributed by atoms with van der Waals surface area (Å²) in [6.45, 7) is 2.64. The van der Waals surface area contributed by atoms with E-state index in [2.05, 4.69) is 20.0 Å². The van der Waals surface area contributed by atoms with Crippen LogP contribution in [0.25, 0.3) is 44.4 Å². The zero-order chi connectivity index (χ0) is 24.0. The summed E-state index contributed by atoms with van der Waals surface area (Å²) in [6, 6.07) is 10.4. The number of aromatic nitrogens is 2. The molecule has 2 amide bonds. The molecule has 34 heavy (non-hydrogen) atoms. The molecule has 0 spiro atoms. The topological polar surface area (TPSA) is 135 Å². The molecule has 5 aromatic rings. The van der Waals surface area contributed by atoms with Crippen LogP contribution in [0, 0.1) is 0 Å². The van der Waals surface area contributed by atoms with E-state index in [1.54, 1.807) is 37.4 Å². The predicted molar refractivity (Wildman–Crippen MR) is 124 cm³/mol. The number of carbonyl (C=O) groups excluding carboxylic acids is 2. The molecule has 0 aliphatic carbocycles. The number of nitrogens with one attached hydrogen (secondary N) is 2. The van der Waals surface area contributed by atoms with Gasteiger partial charge in [0.15, 0.2) is 28.1 Å². The predicted octanol–water partition coefficient (Wildman–Crippen LogP) is 3.62. The Bertz CT molecular complexity index is 1800. The third kappa shape index (κ3) is 3.64. The molecule has 0 aliphatic heterocycles. The first-order chi connectivity index (χ1) is 16.4. The van der Waals surface area contributed by atoms with E-state index in [1.807, 2.05) is 6.07 Å². The van der Waals surface area contributed by atoms with E-state index in [0.717, 1.165) is 5.52 Å². The van der Waals surface area contributed by atoms with Crippen molar-refractivity contribution in [2.24, 2.45) is 9.98 Å². The van der Waals surface area contributed by atoms with E-state index < -0.39 is 11.8 Å². The van der Waals surface area contributed by atoms with Crippen molar-refractivity contribution in [3.63, 3.8) is 0 Å². The monoisotopic (exact) mass is 460 g/mol. The maximum absolute atomic E-state index is 11.6. The van der Waals surface area contributed by atoms with Crippen LogP contribution in [-0.2, 0) is 9.59 Å². The summed E-state index contributed by atoms with van der Waals surface area (Å²) in [5.41, 5.74) is 4.41. The fourth-order valence-electron chi connectivity index (χ4n) is 3.79. The van der Waals surface area contributed by atoms with Crippen LogP contribution in [0.4, 0.5) is 0 Å². The molecule has 10 nitrogen and oxygen atoms in total. The smallest absolute Gasteiger partial charge is 0.243 e. The van der Waals surface area contributed by atoms with Gasteiger partial charge in [0, 0.05) is 32.0 Å². The van der Waals surface area contributed by atoms with Gasteiger partial charge in [-0.3, -0.25) is 9.59 Å². The quantitative estimate of drug-likeness (QED) is 0.386. The molecule has 2 heterocycles. The standard InChI is InChI=1S/C24H20N4O6/c1-11(29)25-14-8-17-20(9-15(14)26-12(2)30)33-21-10-18-23(24(32-4)22(21)28-17)34-19-6-5-13(31-3)7-16(19)27-18/h5-10,27-28H,1-4H3. The maximum atomic E-state index is 11.6. The van der Waals surface area contributed by atoms with Crippen molar-refractivity contribution in [3.8, 4) is 11.5 Å². The molecule has 172 valence electrons. The van der Waals surface area contributed by atoms with Gasteiger partial charge in [0.2, 0.25) is 11.8 Å². The Balaban J connectivity index is 1.88. The second-order valence-corrected chi connectivity index (χ2v) is 7.57. The lowest BCUT2D eigenvalue weighted by Crippen LogP contribution is -2.27. The van der Waals surface area contributed by atoms with E-state index >= 15 is 0 Å². The number of H-pyrrole nitrogens is 2. The molecule has 0 radical (unpaired) electrons. The molecule has 0 saturated carbocycles. The highest BCUT2D eigenvalue weighted by molar-refractivity contribution is 6.00. The van der Waals surface area contributed by atoms with E-state index in [4.69, 9.17) is 18.3 Å². The number of nitrogens with zero attached hydrogens (tertiary/aromatic N) is 2. The Morgan fingerprint density at radius 2 is 1.47 bits per heavy atom. The van der Waals surface area contributed by atoms with E-state index in [0.29, 0.717) is 50.4 Å². The summed E-state index contributed by atoms with van der Waals surface area (Å²) in [5, 5.41) is 0.484. The molecular formula is C24H20N4O6. The van der Waals surface area contributed by atoms with Gasteiger partial charge in [0.05, 0.1) is 41.5 Å². The number of amides is 2. The fourth-order valence-corrected chi connectivity index (χ4v) is 3.79. The number of hydrogen-bond donors (Lipinski definition) is 2. The SMILES string of the molecule is COc1ccc2oc3c(OC)c4[nH]c5cc(=NC(C)=O)c(=NC(C)=O)cc5oc4cc3[nH]c2c1. The average Bonchev–Trinajstić information content (AvgIpc) is 2.79. The Labute approximate surface area is 191 Å². The van der Waals surface area contributed by atoms with E-state index in [9.17, 15) is 9.59 Å². The minimum atomic E-state index is -0.421. The van der Waals surface area contributed by atoms with Gasteiger partial charge in [0.25, 0.3) is 0 Å². The van der Waals surface area contributed by atoms with Gasteiger partial charge in [-0.25, -0.2) is 9.98 Å². The lowest BCUT2D eigenvalue weighted by atomic mass is 10.2. The van der Waals surface area contributed by atoms with Crippen LogP contribution in [0.2, 0.25) is 0 Å². The van der Waals surface area contributed by atoms with E-state index in [1.165, 1.54) is 21.0 Å². The lowest BCUT2D eigenvalue weighted by Gasteiger charge is -2.12. The minimum Gasteiger partial charge on any atom is -0.497 e. The lowest BCUT2D eigenvalue weighted by molar-refractivity contribution is -0.117. The van der Waals surface area contributed by atoms with Crippen molar-refractivity contribution in [3.05, 3.63) is 47.1 Å². The largest absolute Gasteiger partial charge is 0.497 e. The normalized spacial score (nSPS) is 12.7. The van der Waals surface area contributed by atoms with Crippen molar-refractivity contribution in [1.82, 2.24) is 9.97 Å². The Morgan fingerprint density at radius 1 is 0.765 bits per heavy atom. The summed E-state index contributed by atoms with van der Waals surface area (Å²) in [7, 11) is 3.13. The number of methoxy groups -OCH3 is 2. The molecule has 0 atom stereocenters. The molecule has 10 heteroatoms. The number of hydrogen-bond acceptors (Lipinski definition) is 6. The molecule has 0 fully saturated rings. The second-order valence-electron chi connectivity index (χ2n) is 7.57. The molecule has 0 bridgehead atoms. The molecule has 0 unspecified atom stereocenters. The second kappa shape index (κ2) is 8.07. The molecule has 2 aromatic heterocycles. The molecule has 0 saturated heterocycles. The summed E-state index contributed by atoms with van der Waals surface area (Å²) in [4.78, 5) is 37.8. The zero-order valence-corrected chi connectivity index (χ0v) is 18.8. The van der Waals surface area contributed by atoms with Crippen molar-refractivity contribution < 1.29 is 27.9 Å². The molecule has 3 aromatic carbocycles. The number of fused-ring (bicyclic) bond motifs is 4. The van der Waals surface area contributed by atoms with Crippen molar-refractivity contribution in [2.75, 3.05) is 14.2 Å². The van der Waals surface area contributed by atoms with Crippen LogP contribution >= 0.6 is 0 Å². The van der Waals surface area contributed by atoms with Gasteiger partial charge in [-0.05, 0) is 18.2 Å². The first-order valence-corrected chi connectivity index (χ1v) is 10.3. The number of rotatable bonds is 2. The molecule has 5 rings (SSSR count). The summed E-state index contributed by atoms with van der Waals surface area (Å²) >= 11 is 0. The van der Waals surface area contributed by atoms with Gasteiger partial charge < -0.3 is 28.3 Å². The first-order valence-electron chi connectivity index (χ1n) is 10.3. The molecular weight excluding hydrogens is 440 g/mol. The van der Waals surface area contributed by atoms with Crippen LogP contribution in [0.15, 0.2) is 55.2 Å². The van der Waals surface area contributed by atoms with Crippen LogP contribution in [0.5, 0.6) is 11.5 Å². The third-order valence-corrected chi connectivity index (χ3v) is 5.18. The Hall–Kier alpha value is -4.60. The van der Waals surface area contributed by atoms with Crippen molar-refractivity contribution in [1.29, 1.82) is 0 Å². The van der Waals surface area contributed by atoms with E-state index in [-0.39, 0.29) is 10.7 Å². The van der Waals surface area contributed by atoms with Crippen LogP contribution < -0.4 is 20.2 Å². The average molecular weight is 460 g/mol. The van der Waals surface area contributed by atoms with Gasteiger partial charge >= 0.3 is 0 Å². The number of ether oxygens (including phenoxy) is 2. The van der Waals surface area contributed by atoms with Gasteiger partial charge in [-0.15, -0.1) is 0 Å². The van der Waals surface area contributed by atoms with Gasteiger partial charge in [0.1, 0.15) is 11.3 Å². The minimum absolute atomic E-state index is 0.235. The van der Waals surface area contributed by atoms with Gasteiger partial charge in [-0.1, -0.05) is 0 Å². The molecule has 0 aliphatic rings. The third-order valence-electron chi connectivity index (χ3n) is 5.18. The fraction of sp³-hybridized carbons (Fsp3) is 0.167. The summed E-state index contributed by atoms with van der Waals surface area (Å²) in [6.07, 6.45) is 0. The maximum Gasteiger partial charge on any atom is 0.243 e. The Morgan fingerprint density at radius 3 is 2.15 bits per heavy atom. The van der Waals surface area contributed by atoms with Crippen LogP contribution in [0.1, 0.15) is 13.8 Å². The highest BCUT2D eigenvalue weighted by Crippen LogP contribution is 2.36.